The number of aliphatic hydroxyl groups is 1. The minimum absolute atomic E-state index is 0.0503. The summed E-state index contributed by atoms with van der Waals surface area (Å²) in [5, 5.41) is 10.7. The maximum absolute atomic E-state index is 12.7. The summed E-state index contributed by atoms with van der Waals surface area (Å²) in [6.07, 6.45) is 2.63. The molecule has 2 heterocycles. The summed E-state index contributed by atoms with van der Waals surface area (Å²) >= 11 is 1.44. The Bertz CT molecular complexity index is 544. The highest BCUT2D eigenvalue weighted by molar-refractivity contribution is 7.12. The maximum atomic E-state index is 12.7. The van der Waals surface area contributed by atoms with Crippen molar-refractivity contribution in [1.29, 1.82) is 0 Å². The molecule has 1 unspecified atom stereocenters. The molecule has 1 saturated heterocycles. The SMILES string of the molecule is CN1CCCC(N(C)C(=O)c2sccc2C#CCCO)C1. The summed E-state index contributed by atoms with van der Waals surface area (Å²) in [6.45, 7) is 2.09. The van der Waals surface area contributed by atoms with Crippen LogP contribution in [0, 0.1) is 11.8 Å². The highest BCUT2D eigenvalue weighted by atomic mass is 32.1. The standard InChI is InChI=1S/C16H22N2O2S/c1-17-9-5-7-14(12-17)18(2)16(20)15-13(8-11-21-15)6-3-4-10-19/h8,11,14,19H,4-5,7,9-10,12H2,1-2H3. The van der Waals surface area contributed by atoms with Crippen LogP contribution in [0.5, 0.6) is 0 Å². The Kier molecular flexibility index (Phi) is 5.80. The van der Waals surface area contributed by atoms with Crippen LogP contribution in [0.15, 0.2) is 11.4 Å². The Morgan fingerprint density at radius 3 is 3.14 bits per heavy atom. The first-order valence-corrected chi connectivity index (χ1v) is 8.14. The molecule has 1 aliphatic heterocycles. The molecule has 5 heteroatoms. The third-order valence-electron chi connectivity index (χ3n) is 3.79. The van der Waals surface area contributed by atoms with Gasteiger partial charge in [0.25, 0.3) is 5.91 Å². The van der Waals surface area contributed by atoms with Crippen LogP contribution < -0.4 is 0 Å². The lowest BCUT2D eigenvalue weighted by atomic mass is 10.0. The smallest absolute Gasteiger partial charge is 0.265 e. The van der Waals surface area contributed by atoms with Gasteiger partial charge in [-0.3, -0.25) is 4.79 Å². The first-order chi connectivity index (χ1) is 10.1. The first-order valence-electron chi connectivity index (χ1n) is 7.26. The van der Waals surface area contributed by atoms with Crippen molar-refractivity contribution in [1.82, 2.24) is 9.80 Å². The lowest BCUT2D eigenvalue weighted by molar-refractivity contribution is 0.0648. The molecule has 2 rings (SSSR count). The van der Waals surface area contributed by atoms with E-state index in [1.807, 2.05) is 23.4 Å². The fourth-order valence-electron chi connectivity index (χ4n) is 2.57. The van der Waals surface area contributed by atoms with E-state index in [1.165, 1.54) is 11.3 Å². The van der Waals surface area contributed by atoms with Gasteiger partial charge >= 0.3 is 0 Å². The second kappa shape index (κ2) is 7.60. The molecule has 0 saturated carbocycles. The Morgan fingerprint density at radius 1 is 1.62 bits per heavy atom. The quantitative estimate of drug-likeness (QED) is 0.864. The predicted octanol–water partition coefficient (Wildman–Crippen LogP) is 1.65. The van der Waals surface area contributed by atoms with Crippen molar-refractivity contribution in [2.24, 2.45) is 0 Å². The zero-order chi connectivity index (χ0) is 15.2. The number of piperidine rings is 1. The van der Waals surface area contributed by atoms with Crippen molar-refractivity contribution in [2.45, 2.75) is 25.3 Å². The summed E-state index contributed by atoms with van der Waals surface area (Å²) in [7, 11) is 3.98. The minimum atomic E-state index is 0.0503. The Morgan fingerprint density at radius 2 is 2.43 bits per heavy atom. The molecule has 0 radical (unpaired) electrons. The van der Waals surface area contributed by atoms with E-state index in [-0.39, 0.29) is 18.6 Å². The van der Waals surface area contributed by atoms with Gasteiger partial charge in [0.2, 0.25) is 0 Å². The molecule has 0 aliphatic carbocycles. The van der Waals surface area contributed by atoms with Crippen molar-refractivity contribution in [3.05, 3.63) is 21.9 Å². The number of carbonyl (C=O) groups is 1. The van der Waals surface area contributed by atoms with Gasteiger partial charge in [-0.25, -0.2) is 0 Å². The van der Waals surface area contributed by atoms with E-state index in [2.05, 4.69) is 23.8 Å². The summed E-state index contributed by atoms with van der Waals surface area (Å²) in [5.74, 6) is 5.92. The third kappa shape index (κ3) is 4.07. The normalized spacial score (nSPS) is 18.9. The molecule has 1 aromatic rings. The van der Waals surface area contributed by atoms with Gasteiger partial charge in [0.15, 0.2) is 0 Å². The van der Waals surface area contributed by atoms with Crippen molar-refractivity contribution < 1.29 is 9.90 Å². The number of amides is 1. The van der Waals surface area contributed by atoms with Gasteiger partial charge in [-0.15, -0.1) is 11.3 Å². The number of aliphatic hydroxyl groups excluding tert-OH is 1. The Hall–Kier alpha value is -1.35. The largest absolute Gasteiger partial charge is 0.395 e. The van der Waals surface area contributed by atoms with Gasteiger partial charge in [0, 0.05) is 31.6 Å². The maximum Gasteiger partial charge on any atom is 0.265 e. The molecule has 1 N–H and O–H groups in total. The predicted molar refractivity (Wildman–Crippen MR) is 85.5 cm³/mol. The van der Waals surface area contributed by atoms with Crippen molar-refractivity contribution in [3.8, 4) is 11.8 Å². The fourth-order valence-corrected chi connectivity index (χ4v) is 3.40. The summed E-state index contributed by atoms with van der Waals surface area (Å²) in [5.41, 5.74) is 0.773. The van der Waals surface area contributed by atoms with E-state index in [4.69, 9.17) is 5.11 Å². The zero-order valence-corrected chi connectivity index (χ0v) is 13.4. The monoisotopic (exact) mass is 306 g/mol. The number of likely N-dealkylation sites (N-methyl/N-ethyl adjacent to an activating group) is 2. The molecule has 0 spiro atoms. The number of hydrogen-bond acceptors (Lipinski definition) is 4. The fraction of sp³-hybridized carbons (Fsp3) is 0.562. The average molecular weight is 306 g/mol. The number of nitrogens with zero attached hydrogens (tertiary/aromatic N) is 2. The van der Waals surface area contributed by atoms with Gasteiger partial charge in [-0.05, 0) is 37.9 Å². The molecule has 0 aromatic carbocycles. The zero-order valence-electron chi connectivity index (χ0n) is 12.6. The van der Waals surface area contributed by atoms with Gasteiger partial charge in [-0.2, -0.15) is 0 Å². The van der Waals surface area contributed by atoms with Gasteiger partial charge < -0.3 is 14.9 Å². The number of hydrogen-bond donors (Lipinski definition) is 1. The topological polar surface area (TPSA) is 43.8 Å². The van der Waals surface area contributed by atoms with Crippen molar-refractivity contribution >= 4 is 17.2 Å². The van der Waals surface area contributed by atoms with Crippen LogP contribution in [0.4, 0.5) is 0 Å². The lowest BCUT2D eigenvalue weighted by Crippen LogP contribution is -2.47. The van der Waals surface area contributed by atoms with E-state index < -0.39 is 0 Å². The third-order valence-corrected chi connectivity index (χ3v) is 4.69. The van der Waals surface area contributed by atoms with Gasteiger partial charge in [0.05, 0.1) is 6.61 Å². The van der Waals surface area contributed by atoms with E-state index in [9.17, 15) is 4.79 Å². The van der Waals surface area contributed by atoms with E-state index in [1.54, 1.807) is 0 Å². The van der Waals surface area contributed by atoms with Crippen LogP contribution in [-0.4, -0.2) is 60.6 Å². The van der Waals surface area contributed by atoms with Crippen LogP contribution in [0.2, 0.25) is 0 Å². The number of rotatable bonds is 3. The lowest BCUT2D eigenvalue weighted by Gasteiger charge is -2.35. The number of thiophene rings is 1. The highest BCUT2D eigenvalue weighted by Crippen LogP contribution is 2.21. The molecule has 114 valence electrons. The van der Waals surface area contributed by atoms with Crippen molar-refractivity contribution in [3.63, 3.8) is 0 Å². The van der Waals surface area contributed by atoms with Crippen LogP contribution in [0.25, 0.3) is 0 Å². The van der Waals surface area contributed by atoms with Crippen LogP contribution >= 0.6 is 11.3 Å². The number of carbonyl (C=O) groups excluding carboxylic acids is 1. The molecule has 1 atom stereocenters. The second-order valence-corrected chi connectivity index (χ2v) is 6.33. The number of likely N-dealkylation sites (tertiary alicyclic amines) is 1. The summed E-state index contributed by atoms with van der Waals surface area (Å²) in [4.78, 5) is 17.5. The molecule has 0 bridgehead atoms. The van der Waals surface area contributed by atoms with Crippen LogP contribution in [0.1, 0.15) is 34.5 Å². The molecule has 1 fully saturated rings. The van der Waals surface area contributed by atoms with Crippen molar-refractivity contribution in [2.75, 3.05) is 33.8 Å². The molecule has 1 amide bonds. The molecule has 1 aliphatic rings. The van der Waals surface area contributed by atoms with E-state index >= 15 is 0 Å². The molecule has 4 nitrogen and oxygen atoms in total. The average Bonchev–Trinajstić information content (AvgIpc) is 2.94. The van der Waals surface area contributed by atoms with Crippen LogP contribution in [0.3, 0.4) is 0 Å². The Balaban J connectivity index is 2.09. The summed E-state index contributed by atoms with van der Waals surface area (Å²) in [6, 6.07) is 2.15. The molecule has 21 heavy (non-hydrogen) atoms. The molecular formula is C16H22N2O2S. The second-order valence-electron chi connectivity index (χ2n) is 5.41. The molecule has 1 aromatic heterocycles. The Labute approximate surface area is 130 Å². The molecular weight excluding hydrogens is 284 g/mol. The van der Waals surface area contributed by atoms with Crippen LogP contribution in [-0.2, 0) is 0 Å². The summed E-state index contributed by atoms with van der Waals surface area (Å²) < 4.78 is 0. The van der Waals surface area contributed by atoms with Gasteiger partial charge in [0.1, 0.15) is 4.88 Å². The van der Waals surface area contributed by atoms with E-state index in [0.717, 1.165) is 31.5 Å². The van der Waals surface area contributed by atoms with Gasteiger partial charge in [-0.1, -0.05) is 11.8 Å². The minimum Gasteiger partial charge on any atom is -0.395 e. The first kappa shape index (κ1) is 16.0. The highest BCUT2D eigenvalue weighted by Gasteiger charge is 2.26. The van der Waals surface area contributed by atoms with E-state index in [0.29, 0.717) is 11.3 Å².